The van der Waals surface area contributed by atoms with E-state index in [-0.39, 0.29) is 21.9 Å². The molecule has 2 aromatic heterocycles. The molecule has 1 amide bonds. The summed E-state index contributed by atoms with van der Waals surface area (Å²) in [6.45, 7) is 13.1. The van der Waals surface area contributed by atoms with Crippen LogP contribution in [0.25, 0.3) is 5.57 Å². The maximum Gasteiger partial charge on any atom is 0.281 e. The Hall–Kier alpha value is -2.94. The van der Waals surface area contributed by atoms with Gasteiger partial charge >= 0.3 is 0 Å². The Morgan fingerprint density at radius 1 is 1.16 bits per heavy atom. The smallest absolute Gasteiger partial charge is 0.281 e. The van der Waals surface area contributed by atoms with Gasteiger partial charge in [-0.1, -0.05) is 18.6 Å². The number of rotatable bonds is 5. The fourth-order valence-corrected chi connectivity index (χ4v) is 4.66. The monoisotopic (exact) mass is 457 g/mol. The Balaban J connectivity index is 2.07. The number of nitrogen functional groups attached to an aromatic ring is 1. The summed E-state index contributed by atoms with van der Waals surface area (Å²) in [5, 5.41) is -0.313. The molecule has 1 fully saturated rings. The first-order valence-corrected chi connectivity index (χ1v) is 12.1. The number of carbonyl (C=O) groups is 1. The van der Waals surface area contributed by atoms with E-state index in [1.807, 2.05) is 20.8 Å². The molecule has 0 bridgehead atoms. The van der Waals surface area contributed by atoms with Gasteiger partial charge in [-0.3, -0.25) is 4.79 Å². The van der Waals surface area contributed by atoms with Gasteiger partial charge in [-0.25, -0.2) is 14.7 Å². The quantitative estimate of drug-likeness (QED) is 0.704. The lowest BCUT2D eigenvalue weighted by Crippen LogP contribution is -2.44. The predicted molar refractivity (Wildman–Crippen MR) is 127 cm³/mol. The summed E-state index contributed by atoms with van der Waals surface area (Å²) < 4.78 is 27.6. The number of anilines is 2. The molecule has 1 atom stereocenters. The number of pyridine rings is 2. The summed E-state index contributed by atoms with van der Waals surface area (Å²) in [5.41, 5.74) is 8.45. The minimum atomic E-state index is -4.20. The van der Waals surface area contributed by atoms with Crippen molar-refractivity contribution in [3.8, 4) is 0 Å². The highest BCUT2D eigenvalue weighted by Gasteiger charge is 2.41. The van der Waals surface area contributed by atoms with Crippen molar-refractivity contribution in [1.29, 1.82) is 0 Å². The molecule has 0 aliphatic carbocycles. The van der Waals surface area contributed by atoms with Crippen LogP contribution in [0.1, 0.15) is 64.0 Å². The molecular formula is C23H31N5O3S. The number of hydrogen-bond acceptors (Lipinski definition) is 7. The average Bonchev–Trinajstić information content (AvgIpc) is 2.99. The van der Waals surface area contributed by atoms with E-state index in [4.69, 9.17) is 10.7 Å². The van der Waals surface area contributed by atoms with Crippen molar-refractivity contribution in [3.05, 3.63) is 47.2 Å². The molecule has 2 aromatic rings. The summed E-state index contributed by atoms with van der Waals surface area (Å²) >= 11 is 0. The lowest BCUT2D eigenvalue weighted by Gasteiger charge is -2.36. The van der Waals surface area contributed by atoms with Crippen molar-refractivity contribution in [2.45, 2.75) is 58.5 Å². The minimum absolute atomic E-state index is 0.0528. The number of nitrogens with two attached hydrogens (primary N) is 1. The van der Waals surface area contributed by atoms with Gasteiger partial charge in [-0.05, 0) is 76.8 Å². The third kappa shape index (κ3) is 4.48. The Morgan fingerprint density at radius 3 is 2.41 bits per heavy atom. The Labute approximate surface area is 190 Å². The normalized spacial score (nSPS) is 17.8. The van der Waals surface area contributed by atoms with Gasteiger partial charge in [0, 0.05) is 12.1 Å². The maximum atomic E-state index is 13.2. The number of hydrogen-bond donors (Lipinski definition) is 2. The molecule has 0 saturated carbocycles. The van der Waals surface area contributed by atoms with E-state index in [1.54, 1.807) is 12.1 Å². The number of sulfonamides is 1. The van der Waals surface area contributed by atoms with Gasteiger partial charge in [-0.15, -0.1) is 0 Å². The van der Waals surface area contributed by atoms with Gasteiger partial charge in [0.15, 0.2) is 5.03 Å². The third-order valence-electron chi connectivity index (χ3n) is 6.44. The van der Waals surface area contributed by atoms with Gasteiger partial charge in [-0.2, -0.15) is 8.42 Å². The van der Waals surface area contributed by atoms with Crippen molar-refractivity contribution < 1.29 is 13.2 Å². The fraction of sp³-hybridized carbons (Fsp3) is 0.435. The molecule has 1 saturated heterocycles. The van der Waals surface area contributed by atoms with Crippen molar-refractivity contribution in [2.75, 3.05) is 17.2 Å². The average molecular weight is 458 g/mol. The fourth-order valence-electron chi connectivity index (χ4n) is 3.72. The third-order valence-corrected chi connectivity index (χ3v) is 7.68. The van der Waals surface area contributed by atoms with E-state index in [1.165, 1.54) is 18.2 Å². The van der Waals surface area contributed by atoms with Crippen LogP contribution in [0.5, 0.6) is 0 Å². The van der Waals surface area contributed by atoms with Crippen LogP contribution in [-0.2, 0) is 10.0 Å². The lowest BCUT2D eigenvalue weighted by atomic mass is 9.90. The first kappa shape index (κ1) is 23.7. The number of nitrogens with zero attached hydrogens (tertiary/aromatic N) is 3. The van der Waals surface area contributed by atoms with Crippen molar-refractivity contribution in [1.82, 2.24) is 14.7 Å². The van der Waals surface area contributed by atoms with Gasteiger partial charge in [0.25, 0.3) is 15.9 Å². The Kier molecular flexibility index (Phi) is 6.33. The van der Waals surface area contributed by atoms with Gasteiger partial charge in [0.2, 0.25) is 0 Å². The molecule has 0 radical (unpaired) electrons. The van der Waals surface area contributed by atoms with E-state index in [2.05, 4.69) is 35.4 Å². The van der Waals surface area contributed by atoms with Crippen LogP contribution in [0.2, 0.25) is 0 Å². The van der Waals surface area contributed by atoms with E-state index < -0.39 is 15.9 Å². The molecule has 0 spiro atoms. The standard InChI is InChI=1S/C23H31N5O3S/c1-14(2)16(4)18-11-10-17(21(25-18)28-13-12-15(3)23(28,5)6)22(29)27-32(30,31)20-9-7-8-19(24)26-20/h7-11,15H,12-13H2,1-6H3,(H2,24,26)(H,27,29). The first-order valence-electron chi connectivity index (χ1n) is 10.6. The van der Waals surface area contributed by atoms with Crippen molar-refractivity contribution in [3.63, 3.8) is 0 Å². The Bertz CT molecular complexity index is 1180. The van der Waals surface area contributed by atoms with Gasteiger partial charge < -0.3 is 10.6 Å². The summed E-state index contributed by atoms with van der Waals surface area (Å²) in [6, 6.07) is 7.63. The van der Waals surface area contributed by atoms with Crippen molar-refractivity contribution in [2.24, 2.45) is 5.92 Å². The second kappa shape index (κ2) is 8.54. The van der Waals surface area contributed by atoms with Crippen molar-refractivity contribution >= 4 is 33.1 Å². The van der Waals surface area contributed by atoms with Crippen LogP contribution in [0, 0.1) is 5.92 Å². The molecule has 3 rings (SSSR count). The van der Waals surface area contributed by atoms with Crippen LogP contribution in [0.3, 0.4) is 0 Å². The van der Waals surface area contributed by atoms with Crippen LogP contribution in [0.15, 0.2) is 40.9 Å². The second-order valence-electron chi connectivity index (χ2n) is 9.02. The number of amides is 1. The number of aromatic nitrogens is 2. The van der Waals surface area contributed by atoms with Crippen LogP contribution in [0.4, 0.5) is 11.6 Å². The number of nitrogens with one attached hydrogen (secondary N) is 1. The van der Waals surface area contributed by atoms with Crippen LogP contribution < -0.4 is 15.4 Å². The van der Waals surface area contributed by atoms with E-state index in [0.717, 1.165) is 29.8 Å². The van der Waals surface area contributed by atoms with E-state index in [0.29, 0.717) is 11.7 Å². The molecule has 8 nitrogen and oxygen atoms in total. The van der Waals surface area contributed by atoms with E-state index >= 15 is 0 Å². The van der Waals surface area contributed by atoms with Crippen LogP contribution >= 0.6 is 0 Å². The summed E-state index contributed by atoms with van der Waals surface area (Å²) in [5.74, 6) is 0.157. The number of carbonyl (C=O) groups excluding carboxylic acids is 1. The zero-order valence-electron chi connectivity index (χ0n) is 19.4. The minimum Gasteiger partial charge on any atom is -0.384 e. The van der Waals surface area contributed by atoms with Gasteiger partial charge in [0.1, 0.15) is 11.6 Å². The highest BCUT2D eigenvalue weighted by atomic mass is 32.2. The summed E-state index contributed by atoms with van der Waals surface area (Å²) in [6.07, 6.45) is 0.951. The molecule has 1 unspecified atom stereocenters. The molecule has 32 heavy (non-hydrogen) atoms. The summed E-state index contributed by atoms with van der Waals surface area (Å²) in [4.78, 5) is 23.9. The molecule has 0 aromatic carbocycles. The highest BCUT2D eigenvalue weighted by molar-refractivity contribution is 7.90. The zero-order chi connectivity index (χ0) is 23.8. The van der Waals surface area contributed by atoms with Gasteiger partial charge in [0.05, 0.1) is 11.3 Å². The largest absolute Gasteiger partial charge is 0.384 e. The maximum absolute atomic E-state index is 13.2. The highest BCUT2D eigenvalue weighted by Crippen LogP contribution is 2.39. The molecule has 3 heterocycles. The topological polar surface area (TPSA) is 118 Å². The molecule has 1 aliphatic heterocycles. The lowest BCUT2D eigenvalue weighted by molar-refractivity contribution is 0.0981. The zero-order valence-corrected chi connectivity index (χ0v) is 20.2. The predicted octanol–water partition coefficient (Wildman–Crippen LogP) is 3.62. The summed E-state index contributed by atoms with van der Waals surface area (Å²) in [7, 11) is -4.20. The molecule has 3 N–H and O–H groups in total. The van der Waals surface area contributed by atoms with Crippen LogP contribution in [-0.4, -0.2) is 36.4 Å². The molecule has 1 aliphatic rings. The SMILES string of the molecule is CC(C)=C(C)c1ccc(C(=O)NS(=O)(=O)c2cccc(N)n2)c(N2CCC(C)C2(C)C)n1. The Morgan fingerprint density at radius 2 is 1.84 bits per heavy atom. The molecule has 9 heteroatoms. The van der Waals surface area contributed by atoms with E-state index in [9.17, 15) is 13.2 Å². The first-order chi connectivity index (χ1) is 14.8. The second-order valence-corrected chi connectivity index (χ2v) is 10.7. The number of allylic oxidation sites excluding steroid dienone is 2. The molecular weight excluding hydrogens is 426 g/mol. The molecule has 172 valence electrons.